The number of aliphatic hydroxyl groups is 1. The van der Waals surface area contributed by atoms with E-state index in [-0.39, 0.29) is 12.6 Å². The molecular weight excluding hydrogens is 190 g/mol. The van der Waals surface area contributed by atoms with E-state index in [2.05, 4.69) is 18.3 Å². The lowest BCUT2D eigenvalue weighted by atomic mass is 9.92. The number of fused-ring (bicyclic) bond motifs is 1. The fraction of sp³-hybridized carbons (Fsp3) is 0.667. The van der Waals surface area contributed by atoms with Crippen molar-refractivity contribution in [3.05, 3.63) is 23.7 Å². The molecule has 2 atom stereocenters. The van der Waals surface area contributed by atoms with Crippen molar-refractivity contribution in [3.63, 3.8) is 0 Å². The summed E-state index contributed by atoms with van der Waals surface area (Å²) in [4.78, 5) is 0. The highest BCUT2D eigenvalue weighted by atomic mass is 16.3. The van der Waals surface area contributed by atoms with Crippen LogP contribution in [0.25, 0.3) is 0 Å². The van der Waals surface area contributed by atoms with E-state index in [1.54, 1.807) is 6.26 Å². The van der Waals surface area contributed by atoms with Gasteiger partial charge in [0.1, 0.15) is 5.76 Å². The summed E-state index contributed by atoms with van der Waals surface area (Å²) in [5.41, 5.74) is 1.29. The molecule has 1 unspecified atom stereocenters. The van der Waals surface area contributed by atoms with Crippen LogP contribution in [0.3, 0.4) is 0 Å². The van der Waals surface area contributed by atoms with E-state index < -0.39 is 0 Å². The van der Waals surface area contributed by atoms with Gasteiger partial charge in [0, 0.05) is 24.1 Å². The third-order valence-electron chi connectivity index (χ3n) is 3.20. The molecule has 1 aliphatic carbocycles. The van der Waals surface area contributed by atoms with Crippen molar-refractivity contribution in [2.75, 3.05) is 6.61 Å². The maximum atomic E-state index is 9.17. The molecule has 1 heterocycles. The summed E-state index contributed by atoms with van der Waals surface area (Å²) in [6, 6.07) is 2.62. The second-order valence-electron chi connectivity index (χ2n) is 4.20. The standard InChI is InChI=1S/C12H19NO2/c1-2-9(8-14)13-11-4-3-5-12-10(11)6-7-15-12/h6-7,9,11,13-14H,2-5,8H2,1H3/t9-,11?/m1/s1. The molecule has 1 aliphatic rings. The van der Waals surface area contributed by atoms with Crippen molar-refractivity contribution in [2.45, 2.75) is 44.7 Å². The van der Waals surface area contributed by atoms with Gasteiger partial charge in [-0.15, -0.1) is 0 Å². The van der Waals surface area contributed by atoms with Gasteiger partial charge in [-0.25, -0.2) is 0 Å². The predicted octanol–water partition coefficient (Wildman–Crippen LogP) is 2.02. The van der Waals surface area contributed by atoms with Gasteiger partial charge in [-0.3, -0.25) is 0 Å². The Balaban J connectivity index is 2.06. The second-order valence-corrected chi connectivity index (χ2v) is 4.20. The molecule has 0 amide bonds. The van der Waals surface area contributed by atoms with Gasteiger partial charge >= 0.3 is 0 Å². The van der Waals surface area contributed by atoms with Gasteiger partial charge in [0.2, 0.25) is 0 Å². The number of hydrogen-bond acceptors (Lipinski definition) is 3. The van der Waals surface area contributed by atoms with Crippen molar-refractivity contribution in [2.24, 2.45) is 0 Å². The van der Waals surface area contributed by atoms with Crippen LogP contribution in [0, 0.1) is 0 Å². The van der Waals surface area contributed by atoms with Gasteiger partial charge < -0.3 is 14.8 Å². The Bertz CT molecular complexity index is 304. The van der Waals surface area contributed by atoms with Crippen molar-refractivity contribution < 1.29 is 9.52 Å². The normalized spacial score (nSPS) is 22.4. The topological polar surface area (TPSA) is 45.4 Å². The molecule has 84 valence electrons. The molecule has 0 spiro atoms. The first kappa shape index (κ1) is 10.7. The molecule has 0 saturated carbocycles. The SMILES string of the molecule is CC[C@H](CO)NC1CCCc2occc21. The summed E-state index contributed by atoms with van der Waals surface area (Å²) < 4.78 is 5.43. The van der Waals surface area contributed by atoms with Gasteiger partial charge in [0.05, 0.1) is 12.9 Å². The van der Waals surface area contributed by atoms with Crippen LogP contribution in [0.5, 0.6) is 0 Å². The summed E-state index contributed by atoms with van der Waals surface area (Å²) in [6.07, 6.45) is 6.09. The lowest BCUT2D eigenvalue weighted by Gasteiger charge is -2.26. The number of nitrogens with one attached hydrogen (secondary N) is 1. The van der Waals surface area contributed by atoms with E-state index in [1.807, 2.05) is 0 Å². The Hall–Kier alpha value is -0.800. The van der Waals surface area contributed by atoms with Crippen LogP contribution in [0.1, 0.15) is 43.6 Å². The van der Waals surface area contributed by atoms with E-state index in [0.717, 1.165) is 25.0 Å². The Labute approximate surface area is 90.5 Å². The van der Waals surface area contributed by atoms with Crippen LogP contribution < -0.4 is 5.32 Å². The van der Waals surface area contributed by atoms with Crippen LogP contribution in [0.4, 0.5) is 0 Å². The zero-order valence-corrected chi connectivity index (χ0v) is 9.20. The zero-order valence-electron chi connectivity index (χ0n) is 9.20. The summed E-state index contributed by atoms with van der Waals surface area (Å²) in [7, 11) is 0. The number of rotatable bonds is 4. The first-order chi connectivity index (χ1) is 7.35. The molecule has 0 radical (unpaired) electrons. The molecule has 0 bridgehead atoms. The number of furan rings is 1. The number of hydrogen-bond donors (Lipinski definition) is 2. The Kier molecular flexibility index (Phi) is 3.44. The lowest BCUT2D eigenvalue weighted by Crippen LogP contribution is -2.36. The molecule has 3 nitrogen and oxygen atoms in total. The first-order valence-electron chi connectivity index (χ1n) is 5.78. The molecule has 2 rings (SSSR count). The highest BCUT2D eigenvalue weighted by Gasteiger charge is 2.23. The monoisotopic (exact) mass is 209 g/mol. The Morgan fingerprint density at radius 3 is 3.27 bits per heavy atom. The van der Waals surface area contributed by atoms with Crippen LogP contribution in [-0.4, -0.2) is 17.8 Å². The zero-order chi connectivity index (χ0) is 10.7. The molecule has 2 N–H and O–H groups in total. The first-order valence-corrected chi connectivity index (χ1v) is 5.78. The van der Waals surface area contributed by atoms with Gasteiger partial charge in [0.15, 0.2) is 0 Å². The largest absolute Gasteiger partial charge is 0.469 e. The molecular formula is C12H19NO2. The van der Waals surface area contributed by atoms with Crippen molar-refractivity contribution >= 4 is 0 Å². The summed E-state index contributed by atoms with van der Waals surface area (Å²) in [5, 5.41) is 12.7. The van der Waals surface area contributed by atoms with Gasteiger partial charge in [-0.05, 0) is 25.3 Å². The third-order valence-corrected chi connectivity index (χ3v) is 3.20. The summed E-state index contributed by atoms with van der Waals surface area (Å²) in [5.74, 6) is 1.12. The minimum absolute atomic E-state index is 0.204. The van der Waals surface area contributed by atoms with Gasteiger partial charge in [-0.1, -0.05) is 6.92 Å². The Morgan fingerprint density at radius 2 is 2.53 bits per heavy atom. The molecule has 1 aromatic rings. The number of aliphatic hydroxyl groups excluding tert-OH is 1. The molecule has 0 saturated heterocycles. The molecule has 15 heavy (non-hydrogen) atoms. The van der Waals surface area contributed by atoms with Crippen molar-refractivity contribution in [1.82, 2.24) is 5.32 Å². The van der Waals surface area contributed by atoms with Gasteiger partial charge in [0.25, 0.3) is 0 Å². The number of aryl methyl sites for hydroxylation is 1. The maximum absolute atomic E-state index is 9.17. The molecule has 0 aromatic carbocycles. The lowest BCUT2D eigenvalue weighted by molar-refractivity contribution is 0.222. The molecule has 1 aromatic heterocycles. The molecule has 0 aliphatic heterocycles. The van der Waals surface area contributed by atoms with E-state index in [9.17, 15) is 0 Å². The van der Waals surface area contributed by atoms with Crippen LogP contribution in [0.2, 0.25) is 0 Å². The summed E-state index contributed by atoms with van der Waals surface area (Å²) >= 11 is 0. The average Bonchev–Trinajstić information content (AvgIpc) is 2.74. The average molecular weight is 209 g/mol. The van der Waals surface area contributed by atoms with Crippen LogP contribution >= 0.6 is 0 Å². The fourth-order valence-corrected chi connectivity index (χ4v) is 2.24. The second kappa shape index (κ2) is 4.81. The van der Waals surface area contributed by atoms with Crippen LogP contribution in [-0.2, 0) is 6.42 Å². The van der Waals surface area contributed by atoms with Crippen molar-refractivity contribution in [1.29, 1.82) is 0 Å². The smallest absolute Gasteiger partial charge is 0.108 e. The van der Waals surface area contributed by atoms with Crippen molar-refractivity contribution in [3.8, 4) is 0 Å². The third kappa shape index (κ3) is 2.24. The van der Waals surface area contributed by atoms with E-state index >= 15 is 0 Å². The fourth-order valence-electron chi connectivity index (χ4n) is 2.24. The predicted molar refractivity (Wildman–Crippen MR) is 58.7 cm³/mol. The van der Waals surface area contributed by atoms with Gasteiger partial charge in [-0.2, -0.15) is 0 Å². The maximum Gasteiger partial charge on any atom is 0.108 e. The molecule has 0 fully saturated rings. The Morgan fingerprint density at radius 1 is 1.67 bits per heavy atom. The quantitative estimate of drug-likeness (QED) is 0.797. The summed E-state index contributed by atoms with van der Waals surface area (Å²) in [6.45, 7) is 2.30. The highest BCUT2D eigenvalue weighted by Crippen LogP contribution is 2.30. The van der Waals surface area contributed by atoms with E-state index in [0.29, 0.717) is 6.04 Å². The minimum Gasteiger partial charge on any atom is -0.469 e. The van der Waals surface area contributed by atoms with Crippen LogP contribution in [0.15, 0.2) is 16.7 Å². The minimum atomic E-state index is 0.204. The molecule has 3 heteroatoms. The van der Waals surface area contributed by atoms with E-state index in [4.69, 9.17) is 9.52 Å². The highest BCUT2D eigenvalue weighted by molar-refractivity contribution is 5.24. The van der Waals surface area contributed by atoms with E-state index in [1.165, 1.54) is 12.0 Å².